The second-order valence-electron chi connectivity index (χ2n) is 6.58. The Kier molecular flexibility index (Phi) is 3.26. The molecular formula is C15H21N3O3. The van der Waals surface area contributed by atoms with E-state index in [1.165, 1.54) is 0 Å². The van der Waals surface area contributed by atoms with Crippen LogP contribution in [0.15, 0.2) is 4.79 Å². The van der Waals surface area contributed by atoms with Gasteiger partial charge in [0.2, 0.25) is 11.7 Å². The summed E-state index contributed by atoms with van der Waals surface area (Å²) in [4.78, 5) is 32.9. The molecule has 0 aliphatic carbocycles. The minimum atomic E-state index is -0.224. The lowest BCUT2D eigenvalue weighted by Crippen LogP contribution is -2.37. The van der Waals surface area contributed by atoms with E-state index in [1.54, 1.807) is 6.92 Å². The number of nitrogens with zero attached hydrogens (tertiary/aromatic N) is 2. The minimum Gasteiger partial charge on any atom is -0.485 e. The van der Waals surface area contributed by atoms with Crippen LogP contribution in [0, 0.1) is 0 Å². The molecule has 3 rings (SSSR count). The molecule has 0 spiro atoms. The molecule has 2 aliphatic heterocycles. The monoisotopic (exact) mass is 291 g/mol. The molecule has 114 valence electrons. The summed E-state index contributed by atoms with van der Waals surface area (Å²) in [7, 11) is 0. The normalized spacial score (nSPS) is 21.0. The largest absolute Gasteiger partial charge is 0.485 e. The number of hydrogen-bond acceptors (Lipinski definition) is 4. The molecule has 6 heteroatoms. The maximum atomic E-state index is 12.1. The molecule has 3 heterocycles. The van der Waals surface area contributed by atoms with Crippen LogP contribution in [0.4, 0.5) is 0 Å². The average molecular weight is 291 g/mol. The zero-order valence-corrected chi connectivity index (χ0v) is 12.7. The number of nitrogens with one attached hydrogen (secondary N) is 1. The Hall–Kier alpha value is -1.85. The smallest absolute Gasteiger partial charge is 0.293 e. The van der Waals surface area contributed by atoms with Gasteiger partial charge in [-0.1, -0.05) is 13.8 Å². The van der Waals surface area contributed by atoms with Crippen molar-refractivity contribution in [2.45, 2.75) is 44.9 Å². The molecule has 1 amide bonds. The predicted octanol–water partition coefficient (Wildman–Crippen LogP) is 1.17. The number of ether oxygens (including phenoxy) is 1. The molecule has 2 aliphatic rings. The highest BCUT2D eigenvalue weighted by molar-refractivity contribution is 5.73. The highest BCUT2D eigenvalue weighted by Gasteiger charge is 2.37. The molecule has 1 aromatic rings. The van der Waals surface area contributed by atoms with Crippen molar-refractivity contribution < 1.29 is 9.53 Å². The van der Waals surface area contributed by atoms with Gasteiger partial charge in [0.05, 0.1) is 12.3 Å². The Morgan fingerprint density at radius 2 is 2.05 bits per heavy atom. The molecule has 0 aromatic carbocycles. The van der Waals surface area contributed by atoms with Crippen molar-refractivity contribution in [3.8, 4) is 5.75 Å². The number of amides is 1. The lowest BCUT2D eigenvalue weighted by atomic mass is 9.90. The van der Waals surface area contributed by atoms with Gasteiger partial charge in [0, 0.05) is 31.3 Å². The Morgan fingerprint density at radius 1 is 1.38 bits per heavy atom. The summed E-state index contributed by atoms with van der Waals surface area (Å²) < 4.78 is 5.48. The third-order valence-corrected chi connectivity index (χ3v) is 4.44. The van der Waals surface area contributed by atoms with Gasteiger partial charge in [-0.3, -0.25) is 9.59 Å². The number of hydrogen-bond donors (Lipinski definition) is 1. The molecule has 1 fully saturated rings. The van der Waals surface area contributed by atoms with Crippen LogP contribution < -0.4 is 10.3 Å². The number of rotatable bonds is 1. The Labute approximate surface area is 123 Å². The number of piperidine rings is 1. The molecule has 1 aromatic heterocycles. The standard InChI is InChI=1S/C15H21N3O3/c1-9(19)18-6-4-10(5-7-18)13-16-12-11(14(20)17-13)21-8-15(12,2)3/h10H,4-8H2,1-3H3,(H,16,17,20). The van der Waals surface area contributed by atoms with Crippen LogP contribution in [-0.2, 0) is 10.2 Å². The van der Waals surface area contributed by atoms with Gasteiger partial charge in [0.1, 0.15) is 5.82 Å². The summed E-state index contributed by atoms with van der Waals surface area (Å²) >= 11 is 0. The van der Waals surface area contributed by atoms with Crippen LogP contribution in [-0.4, -0.2) is 40.5 Å². The van der Waals surface area contributed by atoms with Crippen molar-refractivity contribution in [3.05, 3.63) is 21.9 Å². The lowest BCUT2D eigenvalue weighted by molar-refractivity contribution is -0.129. The zero-order valence-electron chi connectivity index (χ0n) is 12.7. The number of aromatic amines is 1. The first kappa shape index (κ1) is 14.1. The van der Waals surface area contributed by atoms with E-state index in [4.69, 9.17) is 4.74 Å². The number of carbonyl (C=O) groups is 1. The SMILES string of the molecule is CC(=O)N1CCC(c2nc3c(c(=O)[nH]2)OCC3(C)C)CC1. The number of H-pyrrole nitrogens is 1. The first-order valence-corrected chi connectivity index (χ1v) is 7.41. The predicted molar refractivity (Wildman–Crippen MR) is 77.6 cm³/mol. The van der Waals surface area contributed by atoms with Crippen molar-refractivity contribution in [1.29, 1.82) is 0 Å². The Bertz CT molecular complexity index is 628. The van der Waals surface area contributed by atoms with Crippen LogP contribution >= 0.6 is 0 Å². The van der Waals surface area contributed by atoms with Gasteiger partial charge in [-0.05, 0) is 12.8 Å². The van der Waals surface area contributed by atoms with Crippen LogP contribution in [0.1, 0.15) is 51.0 Å². The Balaban J connectivity index is 1.87. The fourth-order valence-electron chi connectivity index (χ4n) is 3.05. The third kappa shape index (κ3) is 2.43. The molecule has 0 atom stereocenters. The second kappa shape index (κ2) is 4.86. The number of likely N-dealkylation sites (tertiary alicyclic amines) is 1. The maximum absolute atomic E-state index is 12.1. The minimum absolute atomic E-state index is 0.110. The van der Waals surface area contributed by atoms with E-state index >= 15 is 0 Å². The van der Waals surface area contributed by atoms with Gasteiger partial charge >= 0.3 is 0 Å². The summed E-state index contributed by atoms with van der Waals surface area (Å²) in [5.74, 6) is 1.42. The van der Waals surface area contributed by atoms with Crippen molar-refractivity contribution in [1.82, 2.24) is 14.9 Å². The van der Waals surface area contributed by atoms with E-state index in [9.17, 15) is 9.59 Å². The molecule has 1 saturated heterocycles. The molecule has 21 heavy (non-hydrogen) atoms. The topological polar surface area (TPSA) is 75.3 Å². The lowest BCUT2D eigenvalue weighted by Gasteiger charge is -2.31. The fraction of sp³-hybridized carbons (Fsp3) is 0.667. The van der Waals surface area contributed by atoms with Crippen molar-refractivity contribution >= 4 is 5.91 Å². The molecule has 0 radical (unpaired) electrons. The molecule has 0 saturated carbocycles. The van der Waals surface area contributed by atoms with E-state index in [1.807, 2.05) is 18.7 Å². The summed E-state index contributed by atoms with van der Waals surface area (Å²) in [5.41, 5.74) is 0.350. The summed E-state index contributed by atoms with van der Waals surface area (Å²) in [6.07, 6.45) is 1.67. The summed E-state index contributed by atoms with van der Waals surface area (Å²) in [6, 6.07) is 0. The van der Waals surface area contributed by atoms with E-state index < -0.39 is 0 Å². The number of carbonyl (C=O) groups excluding carboxylic acids is 1. The number of aromatic nitrogens is 2. The maximum Gasteiger partial charge on any atom is 0.293 e. The third-order valence-electron chi connectivity index (χ3n) is 4.44. The van der Waals surface area contributed by atoms with Gasteiger partial charge in [0.15, 0.2) is 0 Å². The molecular weight excluding hydrogens is 270 g/mol. The van der Waals surface area contributed by atoms with Gasteiger partial charge in [-0.25, -0.2) is 4.98 Å². The van der Waals surface area contributed by atoms with Crippen LogP contribution in [0.2, 0.25) is 0 Å². The van der Waals surface area contributed by atoms with Gasteiger partial charge < -0.3 is 14.6 Å². The zero-order chi connectivity index (χ0) is 15.2. The number of fused-ring (bicyclic) bond motifs is 1. The van der Waals surface area contributed by atoms with E-state index in [0.29, 0.717) is 12.4 Å². The van der Waals surface area contributed by atoms with Gasteiger partial charge in [-0.15, -0.1) is 0 Å². The van der Waals surface area contributed by atoms with E-state index in [-0.39, 0.29) is 22.8 Å². The summed E-state index contributed by atoms with van der Waals surface area (Å²) in [6.45, 7) is 7.60. The van der Waals surface area contributed by atoms with Crippen LogP contribution in [0.5, 0.6) is 5.75 Å². The molecule has 6 nitrogen and oxygen atoms in total. The average Bonchev–Trinajstić information content (AvgIpc) is 2.75. The highest BCUT2D eigenvalue weighted by atomic mass is 16.5. The first-order valence-electron chi connectivity index (χ1n) is 7.41. The molecule has 0 bridgehead atoms. The highest BCUT2D eigenvalue weighted by Crippen LogP contribution is 2.35. The van der Waals surface area contributed by atoms with E-state index in [2.05, 4.69) is 9.97 Å². The van der Waals surface area contributed by atoms with E-state index in [0.717, 1.165) is 37.4 Å². The van der Waals surface area contributed by atoms with Gasteiger partial charge in [0.25, 0.3) is 5.56 Å². The first-order chi connectivity index (χ1) is 9.88. The van der Waals surface area contributed by atoms with Crippen LogP contribution in [0.3, 0.4) is 0 Å². The quantitative estimate of drug-likeness (QED) is 0.842. The fourth-order valence-corrected chi connectivity index (χ4v) is 3.05. The van der Waals surface area contributed by atoms with Crippen LogP contribution in [0.25, 0.3) is 0 Å². The molecule has 1 N–H and O–H groups in total. The van der Waals surface area contributed by atoms with Crippen molar-refractivity contribution in [2.75, 3.05) is 19.7 Å². The summed E-state index contributed by atoms with van der Waals surface area (Å²) in [5, 5.41) is 0. The van der Waals surface area contributed by atoms with Crippen molar-refractivity contribution in [2.24, 2.45) is 0 Å². The second-order valence-corrected chi connectivity index (χ2v) is 6.58. The molecule has 0 unspecified atom stereocenters. The van der Waals surface area contributed by atoms with Crippen molar-refractivity contribution in [3.63, 3.8) is 0 Å². The Morgan fingerprint density at radius 3 is 2.67 bits per heavy atom. The van der Waals surface area contributed by atoms with Gasteiger partial charge in [-0.2, -0.15) is 0 Å².